The van der Waals surface area contributed by atoms with E-state index in [2.05, 4.69) is 54.9 Å². The fraction of sp³-hybridized carbons (Fsp3) is 0.500. The zero-order valence-electron chi connectivity index (χ0n) is 8.84. The van der Waals surface area contributed by atoms with Gasteiger partial charge in [-0.2, -0.15) is 0 Å². The minimum Gasteiger partial charge on any atom is -0.327 e. The van der Waals surface area contributed by atoms with Gasteiger partial charge in [0, 0.05) is 16.4 Å². The number of halogens is 1. The first-order valence-electron chi connectivity index (χ1n) is 4.97. The SMILES string of the molecule is Cc1c(Br)cccc1C1C(N)C1(C)C. The van der Waals surface area contributed by atoms with Crippen LogP contribution in [-0.2, 0) is 0 Å². The summed E-state index contributed by atoms with van der Waals surface area (Å²) in [6.45, 7) is 6.63. The largest absolute Gasteiger partial charge is 0.327 e. The van der Waals surface area contributed by atoms with E-state index < -0.39 is 0 Å². The van der Waals surface area contributed by atoms with Crippen LogP contribution in [0.4, 0.5) is 0 Å². The van der Waals surface area contributed by atoms with E-state index in [1.807, 2.05) is 0 Å². The lowest BCUT2D eigenvalue weighted by Crippen LogP contribution is -2.06. The number of nitrogens with two attached hydrogens (primary N) is 1. The fourth-order valence-corrected chi connectivity index (χ4v) is 2.61. The van der Waals surface area contributed by atoms with Crippen molar-refractivity contribution in [3.8, 4) is 0 Å². The highest BCUT2D eigenvalue weighted by atomic mass is 79.9. The Morgan fingerprint density at radius 3 is 2.43 bits per heavy atom. The molecule has 14 heavy (non-hydrogen) atoms. The monoisotopic (exact) mass is 253 g/mol. The summed E-state index contributed by atoms with van der Waals surface area (Å²) in [7, 11) is 0. The van der Waals surface area contributed by atoms with Crippen molar-refractivity contribution in [3.05, 3.63) is 33.8 Å². The molecule has 2 atom stereocenters. The predicted octanol–water partition coefficient (Wildman–Crippen LogP) is 3.21. The Labute approximate surface area is 93.8 Å². The van der Waals surface area contributed by atoms with E-state index in [9.17, 15) is 0 Å². The summed E-state index contributed by atoms with van der Waals surface area (Å²) in [5.74, 6) is 0.528. The molecule has 0 heterocycles. The summed E-state index contributed by atoms with van der Waals surface area (Å²) >= 11 is 3.56. The molecule has 0 aromatic heterocycles. The highest BCUT2D eigenvalue weighted by molar-refractivity contribution is 9.10. The van der Waals surface area contributed by atoms with Gasteiger partial charge in [-0.15, -0.1) is 0 Å². The second kappa shape index (κ2) is 3.07. The van der Waals surface area contributed by atoms with Gasteiger partial charge in [0.25, 0.3) is 0 Å². The number of benzene rings is 1. The molecular formula is C12H16BrN. The van der Waals surface area contributed by atoms with E-state index in [0.29, 0.717) is 12.0 Å². The van der Waals surface area contributed by atoms with Crippen molar-refractivity contribution in [2.24, 2.45) is 11.1 Å². The second-order valence-electron chi connectivity index (χ2n) is 4.78. The molecule has 2 rings (SSSR count). The fourth-order valence-electron chi connectivity index (χ4n) is 2.23. The van der Waals surface area contributed by atoms with Gasteiger partial charge >= 0.3 is 0 Å². The Morgan fingerprint density at radius 1 is 1.36 bits per heavy atom. The Kier molecular flexibility index (Phi) is 2.24. The van der Waals surface area contributed by atoms with Crippen LogP contribution in [0.25, 0.3) is 0 Å². The average molecular weight is 254 g/mol. The minimum atomic E-state index is 0.269. The van der Waals surface area contributed by atoms with Crippen molar-refractivity contribution in [1.29, 1.82) is 0 Å². The summed E-state index contributed by atoms with van der Waals surface area (Å²) in [6, 6.07) is 6.68. The third kappa shape index (κ3) is 1.32. The molecule has 1 aromatic carbocycles. The molecule has 2 heteroatoms. The van der Waals surface area contributed by atoms with E-state index >= 15 is 0 Å². The Balaban J connectivity index is 2.40. The van der Waals surface area contributed by atoms with Gasteiger partial charge in [-0.05, 0) is 29.5 Å². The lowest BCUT2D eigenvalue weighted by atomic mass is 9.99. The van der Waals surface area contributed by atoms with Crippen LogP contribution in [-0.4, -0.2) is 6.04 Å². The van der Waals surface area contributed by atoms with Crippen molar-refractivity contribution in [3.63, 3.8) is 0 Å². The van der Waals surface area contributed by atoms with Crippen LogP contribution in [0.15, 0.2) is 22.7 Å². The van der Waals surface area contributed by atoms with Crippen LogP contribution in [0.3, 0.4) is 0 Å². The lowest BCUT2D eigenvalue weighted by Gasteiger charge is -2.08. The molecule has 1 fully saturated rings. The van der Waals surface area contributed by atoms with Crippen LogP contribution < -0.4 is 5.73 Å². The maximum Gasteiger partial charge on any atom is 0.0207 e. The van der Waals surface area contributed by atoms with E-state index in [4.69, 9.17) is 5.73 Å². The minimum absolute atomic E-state index is 0.269. The van der Waals surface area contributed by atoms with E-state index in [0.717, 1.165) is 0 Å². The van der Waals surface area contributed by atoms with Crippen molar-refractivity contribution in [2.45, 2.75) is 32.7 Å². The van der Waals surface area contributed by atoms with Crippen molar-refractivity contribution < 1.29 is 0 Å². The maximum absolute atomic E-state index is 6.08. The quantitative estimate of drug-likeness (QED) is 0.818. The summed E-state index contributed by atoms with van der Waals surface area (Å²) in [4.78, 5) is 0. The van der Waals surface area contributed by atoms with Crippen molar-refractivity contribution >= 4 is 15.9 Å². The Morgan fingerprint density at radius 2 is 1.93 bits per heavy atom. The van der Waals surface area contributed by atoms with Gasteiger partial charge in [0.2, 0.25) is 0 Å². The normalized spacial score (nSPS) is 28.9. The molecule has 0 saturated heterocycles. The standard InChI is InChI=1S/C12H16BrN/c1-7-8(5-4-6-9(7)13)10-11(14)12(10,2)3/h4-6,10-11H,14H2,1-3H3. The zero-order chi connectivity index (χ0) is 10.5. The van der Waals surface area contributed by atoms with Gasteiger partial charge in [0.05, 0.1) is 0 Å². The van der Waals surface area contributed by atoms with E-state index in [-0.39, 0.29) is 5.41 Å². The predicted molar refractivity (Wildman–Crippen MR) is 63.4 cm³/mol. The van der Waals surface area contributed by atoms with Gasteiger partial charge < -0.3 is 5.73 Å². The number of hydrogen-bond donors (Lipinski definition) is 1. The zero-order valence-corrected chi connectivity index (χ0v) is 10.4. The third-order valence-electron chi connectivity index (χ3n) is 3.56. The van der Waals surface area contributed by atoms with Gasteiger partial charge in [-0.3, -0.25) is 0 Å². The Hall–Kier alpha value is -0.340. The molecule has 0 bridgehead atoms. The van der Waals surface area contributed by atoms with Gasteiger partial charge in [-0.1, -0.05) is 41.9 Å². The van der Waals surface area contributed by atoms with Gasteiger partial charge in [0.1, 0.15) is 0 Å². The molecule has 76 valence electrons. The summed E-state index contributed by atoms with van der Waals surface area (Å²) in [6.07, 6.45) is 0. The second-order valence-corrected chi connectivity index (χ2v) is 5.63. The van der Waals surface area contributed by atoms with E-state index in [1.165, 1.54) is 15.6 Å². The van der Waals surface area contributed by atoms with Crippen LogP contribution in [0.1, 0.15) is 30.9 Å². The first kappa shape index (κ1) is 10.2. The molecule has 1 saturated carbocycles. The molecule has 2 N–H and O–H groups in total. The van der Waals surface area contributed by atoms with Crippen LogP contribution in [0.2, 0.25) is 0 Å². The van der Waals surface area contributed by atoms with Crippen molar-refractivity contribution in [2.75, 3.05) is 0 Å². The molecule has 0 spiro atoms. The lowest BCUT2D eigenvalue weighted by molar-refractivity contribution is 0.598. The summed E-state index contributed by atoms with van der Waals surface area (Å²) < 4.78 is 1.19. The van der Waals surface area contributed by atoms with E-state index in [1.54, 1.807) is 0 Å². The molecule has 1 nitrogen and oxygen atoms in total. The molecule has 0 amide bonds. The third-order valence-corrected chi connectivity index (χ3v) is 4.41. The molecule has 0 aliphatic heterocycles. The van der Waals surface area contributed by atoms with Gasteiger partial charge in [0.15, 0.2) is 0 Å². The molecule has 0 radical (unpaired) electrons. The summed E-state index contributed by atoms with van der Waals surface area (Å²) in [5.41, 5.74) is 9.08. The van der Waals surface area contributed by atoms with Crippen LogP contribution in [0, 0.1) is 12.3 Å². The number of hydrogen-bond acceptors (Lipinski definition) is 1. The molecule has 1 aliphatic carbocycles. The first-order chi connectivity index (χ1) is 6.46. The first-order valence-corrected chi connectivity index (χ1v) is 5.76. The van der Waals surface area contributed by atoms with Crippen LogP contribution >= 0.6 is 15.9 Å². The maximum atomic E-state index is 6.08. The Bertz CT molecular complexity index is 371. The molecule has 1 aromatic rings. The molecular weight excluding hydrogens is 238 g/mol. The van der Waals surface area contributed by atoms with Crippen LogP contribution in [0.5, 0.6) is 0 Å². The van der Waals surface area contributed by atoms with Crippen molar-refractivity contribution in [1.82, 2.24) is 0 Å². The van der Waals surface area contributed by atoms with Gasteiger partial charge in [-0.25, -0.2) is 0 Å². The molecule has 1 aliphatic rings. The molecule has 2 unspecified atom stereocenters. The highest BCUT2D eigenvalue weighted by Crippen LogP contribution is 2.58. The average Bonchev–Trinajstić information content (AvgIpc) is 2.59. The highest BCUT2D eigenvalue weighted by Gasteiger charge is 2.56. The number of rotatable bonds is 1. The smallest absolute Gasteiger partial charge is 0.0207 e. The summed E-state index contributed by atoms with van der Waals surface area (Å²) in [5, 5.41) is 0. The topological polar surface area (TPSA) is 26.0 Å².